The van der Waals surface area contributed by atoms with Gasteiger partial charge < -0.3 is 14.7 Å². The Labute approximate surface area is 124 Å². The van der Waals surface area contributed by atoms with Gasteiger partial charge in [0.05, 0.1) is 24.0 Å². The van der Waals surface area contributed by atoms with Gasteiger partial charge in [-0.15, -0.1) is 0 Å². The standard InChI is InChI=1S/C14H21N5O2/c1-16(2)14(21)18-7-6-12-11(18)4-5-13(20)19(12)10-8-15-17(3)9-10/h8-9,11-12H,4-7H2,1-3H3/t11-,12-/m1/s1. The molecule has 0 spiro atoms. The van der Waals surface area contributed by atoms with Crippen LogP contribution in [0.4, 0.5) is 10.5 Å². The van der Waals surface area contributed by atoms with Gasteiger partial charge in [0.25, 0.3) is 0 Å². The molecule has 2 aliphatic rings. The maximum absolute atomic E-state index is 12.3. The SMILES string of the molecule is CN(C)C(=O)N1CC[C@@H]2[C@H]1CCC(=O)N2c1cnn(C)c1. The lowest BCUT2D eigenvalue weighted by atomic mass is 9.96. The minimum atomic E-state index is 0.0305. The van der Waals surface area contributed by atoms with Crippen LogP contribution in [0.1, 0.15) is 19.3 Å². The van der Waals surface area contributed by atoms with E-state index in [9.17, 15) is 9.59 Å². The molecule has 2 fully saturated rings. The predicted octanol–water partition coefficient (Wildman–Crippen LogP) is 0.671. The molecule has 21 heavy (non-hydrogen) atoms. The van der Waals surface area contributed by atoms with Crippen LogP contribution in [0.15, 0.2) is 12.4 Å². The maximum atomic E-state index is 12.3. The Kier molecular flexibility index (Phi) is 3.35. The summed E-state index contributed by atoms with van der Waals surface area (Å²) >= 11 is 0. The number of aromatic nitrogens is 2. The topological polar surface area (TPSA) is 61.7 Å². The number of hydrogen-bond acceptors (Lipinski definition) is 3. The summed E-state index contributed by atoms with van der Waals surface area (Å²) in [5, 5.41) is 4.16. The second-order valence-electron chi connectivity index (χ2n) is 5.97. The fourth-order valence-corrected chi connectivity index (χ4v) is 3.43. The number of aryl methyl sites for hydroxylation is 1. The lowest BCUT2D eigenvalue weighted by Gasteiger charge is -2.39. The Morgan fingerprint density at radius 3 is 2.71 bits per heavy atom. The number of fused-ring (bicyclic) bond motifs is 1. The van der Waals surface area contributed by atoms with Gasteiger partial charge >= 0.3 is 6.03 Å². The highest BCUT2D eigenvalue weighted by molar-refractivity contribution is 5.95. The average Bonchev–Trinajstić information content (AvgIpc) is 3.04. The molecule has 0 radical (unpaired) electrons. The number of amides is 3. The number of nitrogens with zero attached hydrogens (tertiary/aromatic N) is 5. The molecular weight excluding hydrogens is 270 g/mol. The maximum Gasteiger partial charge on any atom is 0.319 e. The summed E-state index contributed by atoms with van der Waals surface area (Å²) in [6, 6.07) is 0.208. The van der Waals surface area contributed by atoms with E-state index >= 15 is 0 Å². The molecule has 2 atom stereocenters. The predicted molar refractivity (Wildman–Crippen MR) is 77.9 cm³/mol. The van der Waals surface area contributed by atoms with Crippen molar-refractivity contribution in [2.45, 2.75) is 31.3 Å². The molecule has 114 valence electrons. The zero-order valence-corrected chi connectivity index (χ0v) is 12.7. The largest absolute Gasteiger partial charge is 0.331 e. The minimum Gasteiger partial charge on any atom is -0.331 e. The molecule has 3 amide bonds. The van der Waals surface area contributed by atoms with Crippen molar-refractivity contribution < 1.29 is 9.59 Å². The van der Waals surface area contributed by atoms with Gasteiger partial charge in [-0.2, -0.15) is 5.10 Å². The summed E-state index contributed by atoms with van der Waals surface area (Å²) in [6.07, 6.45) is 5.63. The lowest BCUT2D eigenvalue weighted by molar-refractivity contribution is -0.120. The Hall–Kier alpha value is -2.05. The number of urea groups is 1. The molecule has 3 rings (SSSR count). The molecule has 1 aromatic heterocycles. The highest BCUT2D eigenvalue weighted by Gasteiger charge is 2.46. The number of hydrogen-bond donors (Lipinski definition) is 0. The fourth-order valence-electron chi connectivity index (χ4n) is 3.43. The van der Waals surface area contributed by atoms with Crippen molar-refractivity contribution in [3.05, 3.63) is 12.4 Å². The molecule has 2 aliphatic heterocycles. The number of rotatable bonds is 1. The number of likely N-dealkylation sites (tertiary alicyclic amines) is 1. The molecule has 0 saturated carbocycles. The molecular formula is C14H21N5O2. The summed E-state index contributed by atoms with van der Waals surface area (Å²) in [5.74, 6) is 0.128. The fraction of sp³-hybridized carbons (Fsp3) is 0.643. The van der Waals surface area contributed by atoms with Crippen LogP contribution < -0.4 is 4.90 Å². The van der Waals surface area contributed by atoms with Gasteiger partial charge in [0.1, 0.15) is 0 Å². The Morgan fingerprint density at radius 1 is 1.33 bits per heavy atom. The van der Waals surface area contributed by atoms with Crippen LogP contribution in [0.25, 0.3) is 0 Å². The van der Waals surface area contributed by atoms with E-state index in [2.05, 4.69) is 5.10 Å². The molecule has 0 aliphatic carbocycles. The summed E-state index contributed by atoms with van der Waals surface area (Å²) in [6.45, 7) is 0.705. The van der Waals surface area contributed by atoms with E-state index in [4.69, 9.17) is 0 Å². The van der Waals surface area contributed by atoms with Gasteiger partial charge in [0, 0.05) is 40.3 Å². The van der Waals surface area contributed by atoms with Crippen LogP contribution in [-0.2, 0) is 11.8 Å². The first kappa shape index (κ1) is 13.9. The monoisotopic (exact) mass is 291 g/mol. The Morgan fingerprint density at radius 2 is 2.10 bits per heavy atom. The van der Waals surface area contributed by atoms with E-state index in [-0.39, 0.29) is 24.0 Å². The van der Waals surface area contributed by atoms with Gasteiger partial charge in [-0.3, -0.25) is 9.48 Å². The van der Waals surface area contributed by atoms with Gasteiger partial charge in [0.15, 0.2) is 0 Å². The van der Waals surface area contributed by atoms with Crippen LogP contribution >= 0.6 is 0 Å². The van der Waals surface area contributed by atoms with E-state index < -0.39 is 0 Å². The second kappa shape index (κ2) is 5.05. The van der Waals surface area contributed by atoms with Crippen molar-refractivity contribution in [2.24, 2.45) is 7.05 Å². The molecule has 0 aromatic carbocycles. The number of piperidine rings is 1. The summed E-state index contributed by atoms with van der Waals surface area (Å²) in [7, 11) is 5.37. The quantitative estimate of drug-likeness (QED) is 0.764. The van der Waals surface area contributed by atoms with E-state index in [1.165, 1.54) is 0 Å². The number of anilines is 1. The van der Waals surface area contributed by atoms with Gasteiger partial charge in [-0.05, 0) is 12.8 Å². The van der Waals surface area contributed by atoms with Gasteiger partial charge in [0.2, 0.25) is 5.91 Å². The Balaban J connectivity index is 1.87. The van der Waals surface area contributed by atoms with Crippen molar-refractivity contribution in [1.82, 2.24) is 19.6 Å². The molecule has 0 bridgehead atoms. The Bertz CT molecular complexity index is 567. The van der Waals surface area contributed by atoms with Crippen molar-refractivity contribution in [2.75, 3.05) is 25.5 Å². The van der Waals surface area contributed by atoms with Crippen molar-refractivity contribution >= 4 is 17.6 Å². The molecule has 3 heterocycles. The highest BCUT2D eigenvalue weighted by atomic mass is 16.2. The first-order chi connectivity index (χ1) is 9.99. The molecule has 1 aromatic rings. The van der Waals surface area contributed by atoms with E-state index in [1.807, 2.05) is 23.0 Å². The zero-order chi connectivity index (χ0) is 15.1. The minimum absolute atomic E-state index is 0.0305. The zero-order valence-electron chi connectivity index (χ0n) is 12.7. The van der Waals surface area contributed by atoms with Crippen molar-refractivity contribution in [1.29, 1.82) is 0 Å². The third-order valence-electron chi connectivity index (χ3n) is 4.36. The third-order valence-corrected chi connectivity index (χ3v) is 4.36. The van der Waals surface area contributed by atoms with Crippen LogP contribution in [0.5, 0.6) is 0 Å². The molecule has 2 saturated heterocycles. The van der Waals surface area contributed by atoms with Crippen molar-refractivity contribution in [3.63, 3.8) is 0 Å². The molecule has 0 N–H and O–H groups in total. The van der Waals surface area contributed by atoms with E-state index in [0.29, 0.717) is 13.0 Å². The summed E-state index contributed by atoms with van der Waals surface area (Å²) in [4.78, 5) is 29.9. The average molecular weight is 291 g/mol. The number of carbonyl (C=O) groups excluding carboxylic acids is 2. The third kappa shape index (κ3) is 2.26. The van der Waals surface area contributed by atoms with Gasteiger partial charge in [-0.1, -0.05) is 0 Å². The summed E-state index contributed by atoms with van der Waals surface area (Å²) in [5.41, 5.74) is 0.830. The van der Waals surface area contributed by atoms with Crippen LogP contribution in [0.3, 0.4) is 0 Å². The molecule has 0 unspecified atom stereocenters. The summed E-state index contributed by atoms with van der Waals surface area (Å²) < 4.78 is 1.70. The van der Waals surface area contributed by atoms with Gasteiger partial charge in [-0.25, -0.2) is 4.79 Å². The molecule has 7 heteroatoms. The second-order valence-corrected chi connectivity index (χ2v) is 5.97. The van der Waals surface area contributed by atoms with Crippen LogP contribution in [0.2, 0.25) is 0 Å². The van der Waals surface area contributed by atoms with Crippen LogP contribution in [-0.4, -0.2) is 64.2 Å². The number of carbonyl (C=O) groups is 2. The van der Waals surface area contributed by atoms with Crippen LogP contribution in [0, 0.1) is 0 Å². The first-order valence-electron chi connectivity index (χ1n) is 7.27. The van der Waals surface area contributed by atoms with E-state index in [1.54, 1.807) is 29.9 Å². The highest BCUT2D eigenvalue weighted by Crippen LogP contribution is 2.34. The lowest BCUT2D eigenvalue weighted by Crippen LogP contribution is -2.54. The molecule has 7 nitrogen and oxygen atoms in total. The smallest absolute Gasteiger partial charge is 0.319 e. The van der Waals surface area contributed by atoms with Crippen molar-refractivity contribution in [3.8, 4) is 0 Å². The normalized spacial score (nSPS) is 25.2. The van der Waals surface area contributed by atoms with E-state index in [0.717, 1.165) is 18.5 Å². The first-order valence-corrected chi connectivity index (χ1v) is 7.27.